The molecule has 1 aromatic rings. The summed E-state index contributed by atoms with van der Waals surface area (Å²) in [6.07, 6.45) is 5.31. The second-order valence-corrected chi connectivity index (χ2v) is 3.57. The topological polar surface area (TPSA) is 41.8 Å². The van der Waals surface area contributed by atoms with E-state index in [0.717, 1.165) is 21.8 Å². The number of fused-ring (bicyclic) bond motifs is 3. The van der Waals surface area contributed by atoms with Gasteiger partial charge in [0.2, 0.25) is 0 Å². The number of carbonyl (C=O) groups is 1. The van der Waals surface area contributed by atoms with Gasteiger partial charge in [-0.05, 0) is 19.1 Å². The normalized spacial score (nSPS) is 15.1. The number of allylic oxidation sites excluding steroid dienone is 1. The van der Waals surface area contributed by atoms with Crippen molar-refractivity contribution in [1.82, 2.24) is 0 Å². The van der Waals surface area contributed by atoms with E-state index in [1.54, 1.807) is 19.3 Å². The van der Waals surface area contributed by atoms with Gasteiger partial charge >= 0.3 is 0 Å². The summed E-state index contributed by atoms with van der Waals surface area (Å²) in [5, 5.41) is 1.89. The molecule has 0 radical (unpaired) electrons. The van der Waals surface area contributed by atoms with Crippen LogP contribution in [0.4, 0.5) is 5.69 Å². The summed E-state index contributed by atoms with van der Waals surface area (Å²) in [5.74, 6) is 0.0352. The minimum atomic E-state index is 0.0352. The number of rotatable bonds is 1. The van der Waals surface area contributed by atoms with E-state index in [1.165, 1.54) is 0 Å². The Morgan fingerprint density at radius 2 is 2.20 bits per heavy atom. The smallest absolute Gasteiger partial charge is 0.162 e. The Morgan fingerprint density at radius 1 is 1.33 bits per heavy atom. The Kier molecular flexibility index (Phi) is 1.51. The fraction of sp³-hybridized carbons (Fsp3) is 0.0833. The number of Topliss-reactive ketones (excluding diaryl/α,β-unsaturated/α-hetero) is 1. The first-order chi connectivity index (χ1) is 7.27. The van der Waals surface area contributed by atoms with E-state index < -0.39 is 0 Å². The molecular weight excluding hydrogens is 188 g/mol. The van der Waals surface area contributed by atoms with Crippen molar-refractivity contribution in [3.63, 3.8) is 0 Å². The Hall–Kier alpha value is -2.03. The molecule has 0 saturated heterocycles. The van der Waals surface area contributed by atoms with Crippen molar-refractivity contribution in [1.29, 1.82) is 0 Å². The first-order valence-corrected chi connectivity index (χ1v) is 4.74. The third-order valence-electron chi connectivity index (χ3n) is 2.63. The van der Waals surface area contributed by atoms with Crippen LogP contribution >= 0.6 is 0 Å². The lowest BCUT2D eigenvalue weighted by molar-refractivity contribution is -0.111. The molecule has 0 fully saturated rings. The number of benzene rings is 1. The molecule has 72 valence electrons. The highest BCUT2D eigenvalue weighted by Gasteiger charge is 2.19. The third-order valence-corrected chi connectivity index (χ3v) is 2.63. The van der Waals surface area contributed by atoms with E-state index in [-0.39, 0.29) is 5.78 Å². The number of carbonyl (C=O) groups excluding carboxylic acids is 1. The Balaban J connectivity index is 2.40. The number of hydrogen-bond donors (Lipinski definition) is 0. The maximum absolute atomic E-state index is 11.4. The molecule has 0 amide bonds. The highest BCUT2D eigenvalue weighted by molar-refractivity contribution is 6.21. The zero-order valence-electron chi connectivity index (χ0n) is 8.19. The second kappa shape index (κ2) is 2.73. The van der Waals surface area contributed by atoms with Gasteiger partial charge in [-0.3, -0.25) is 14.8 Å². The standard InChI is InChI=1S/C12H8N2O/c1-7(15)9-6-14-10-3-2-8-4-5-13-12(8)11(9)10/h2-6H,1H3. The van der Waals surface area contributed by atoms with Crippen LogP contribution in [-0.4, -0.2) is 12.0 Å². The van der Waals surface area contributed by atoms with Gasteiger partial charge in [-0.15, -0.1) is 0 Å². The molecule has 0 aliphatic carbocycles. The molecule has 3 nitrogen and oxygen atoms in total. The van der Waals surface area contributed by atoms with Gasteiger partial charge < -0.3 is 0 Å². The van der Waals surface area contributed by atoms with Crippen LogP contribution in [0.1, 0.15) is 12.5 Å². The predicted molar refractivity (Wildman–Crippen MR) is 58.5 cm³/mol. The number of nitrogens with zero attached hydrogens (tertiary/aromatic N) is 2. The van der Waals surface area contributed by atoms with Crippen LogP contribution in [0.25, 0.3) is 11.6 Å². The predicted octanol–water partition coefficient (Wildman–Crippen LogP) is 0.746. The zero-order valence-corrected chi connectivity index (χ0v) is 8.19. The summed E-state index contributed by atoms with van der Waals surface area (Å²) >= 11 is 0. The monoisotopic (exact) mass is 196 g/mol. The van der Waals surface area contributed by atoms with Crippen molar-refractivity contribution in [2.45, 2.75) is 6.92 Å². The van der Waals surface area contributed by atoms with Crippen LogP contribution in [0.2, 0.25) is 0 Å². The zero-order chi connectivity index (χ0) is 10.4. The quantitative estimate of drug-likeness (QED) is 0.653. The van der Waals surface area contributed by atoms with E-state index in [4.69, 9.17) is 0 Å². The molecule has 0 unspecified atom stereocenters. The molecule has 3 rings (SSSR count). The maximum atomic E-state index is 11.4. The van der Waals surface area contributed by atoms with Crippen molar-refractivity contribution in [3.8, 4) is 0 Å². The molecule has 1 aromatic carbocycles. The molecule has 0 bridgehead atoms. The molecule has 3 heteroatoms. The van der Waals surface area contributed by atoms with Crippen LogP contribution in [0.5, 0.6) is 0 Å². The van der Waals surface area contributed by atoms with Gasteiger partial charge in [-0.1, -0.05) is 6.07 Å². The van der Waals surface area contributed by atoms with Gasteiger partial charge in [0.1, 0.15) is 0 Å². The van der Waals surface area contributed by atoms with Crippen molar-refractivity contribution in [3.05, 3.63) is 34.5 Å². The van der Waals surface area contributed by atoms with E-state index in [1.807, 2.05) is 18.2 Å². The minimum absolute atomic E-state index is 0.0352. The molecule has 0 saturated carbocycles. The lowest BCUT2D eigenvalue weighted by Gasteiger charge is -2.02. The van der Waals surface area contributed by atoms with E-state index >= 15 is 0 Å². The number of ketones is 1. The van der Waals surface area contributed by atoms with Gasteiger partial charge in [-0.2, -0.15) is 0 Å². The molecule has 2 aliphatic heterocycles. The van der Waals surface area contributed by atoms with Crippen LogP contribution in [0.15, 0.2) is 28.3 Å². The van der Waals surface area contributed by atoms with Crippen LogP contribution in [0.3, 0.4) is 0 Å². The maximum Gasteiger partial charge on any atom is 0.162 e. The fourth-order valence-electron chi connectivity index (χ4n) is 1.90. The van der Waals surface area contributed by atoms with Crippen LogP contribution in [-0.2, 0) is 4.79 Å². The Morgan fingerprint density at radius 3 is 3.00 bits per heavy atom. The fourth-order valence-corrected chi connectivity index (χ4v) is 1.90. The summed E-state index contributed by atoms with van der Waals surface area (Å²) in [6, 6.07) is 3.90. The first kappa shape index (κ1) is 8.29. The van der Waals surface area contributed by atoms with Crippen LogP contribution < -0.4 is 10.6 Å². The molecule has 15 heavy (non-hydrogen) atoms. The third kappa shape index (κ3) is 1.03. The van der Waals surface area contributed by atoms with E-state index in [9.17, 15) is 4.79 Å². The number of hydrogen-bond acceptors (Lipinski definition) is 3. The molecule has 2 heterocycles. The molecule has 2 aliphatic rings. The van der Waals surface area contributed by atoms with Gasteiger partial charge in [-0.25, -0.2) is 0 Å². The average Bonchev–Trinajstić information content (AvgIpc) is 2.82. The van der Waals surface area contributed by atoms with Crippen LogP contribution in [0, 0.1) is 0 Å². The lowest BCUT2D eigenvalue weighted by atomic mass is 10.0. The average molecular weight is 196 g/mol. The molecule has 0 atom stereocenters. The summed E-state index contributed by atoms with van der Waals surface area (Å²) in [5.41, 5.74) is 2.41. The summed E-state index contributed by atoms with van der Waals surface area (Å²) in [6.45, 7) is 1.55. The summed E-state index contributed by atoms with van der Waals surface area (Å²) in [7, 11) is 0. The summed E-state index contributed by atoms with van der Waals surface area (Å²) in [4.78, 5) is 19.9. The van der Waals surface area contributed by atoms with Crippen molar-refractivity contribution < 1.29 is 4.79 Å². The van der Waals surface area contributed by atoms with Crippen molar-refractivity contribution in [2.24, 2.45) is 9.98 Å². The minimum Gasteiger partial charge on any atom is -0.294 e. The second-order valence-electron chi connectivity index (χ2n) is 3.57. The molecular formula is C12H8N2O. The van der Waals surface area contributed by atoms with Gasteiger partial charge in [0.05, 0.1) is 11.0 Å². The molecule has 0 spiro atoms. The SMILES string of the molecule is CC(=O)C1=CN=c2ccc3c(c21)N=CC=3. The lowest BCUT2D eigenvalue weighted by Crippen LogP contribution is -2.13. The Labute approximate surface area is 86.2 Å². The largest absolute Gasteiger partial charge is 0.294 e. The summed E-state index contributed by atoms with van der Waals surface area (Å²) < 4.78 is 0. The molecule has 0 N–H and O–H groups in total. The van der Waals surface area contributed by atoms with Crippen molar-refractivity contribution in [2.75, 3.05) is 0 Å². The molecule has 0 aromatic heterocycles. The van der Waals surface area contributed by atoms with E-state index in [2.05, 4.69) is 9.98 Å². The van der Waals surface area contributed by atoms with Gasteiger partial charge in [0, 0.05) is 28.8 Å². The van der Waals surface area contributed by atoms with Crippen molar-refractivity contribution >= 4 is 29.3 Å². The van der Waals surface area contributed by atoms with E-state index in [0.29, 0.717) is 5.57 Å². The highest BCUT2D eigenvalue weighted by Crippen LogP contribution is 2.24. The van der Waals surface area contributed by atoms with Gasteiger partial charge in [0.25, 0.3) is 0 Å². The van der Waals surface area contributed by atoms with Gasteiger partial charge in [0.15, 0.2) is 5.78 Å². The highest BCUT2D eigenvalue weighted by atomic mass is 16.1. The Bertz CT molecular complexity index is 651. The number of aliphatic imine (C=N–C) groups is 1. The first-order valence-electron chi connectivity index (χ1n) is 4.74.